The number of carbonyl (C=O) groups is 2. The first-order chi connectivity index (χ1) is 12.4. The van der Waals surface area contributed by atoms with Crippen LogP contribution in [0, 0.1) is 6.92 Å². The minimum atomic E-state index is -0.189. The molecule has 0 saturated heterocycles. The Morgan fingerprint density at radius 1 is 1.04 bits per heavy atom. The number of benzene rings is 2. The van der Waals surface area contributed by atoms with E-state index < -0.39 is 0 Å². The largest absolute Gasteiger partial charge is 0.322 e. The smallest absolute Gasteiger partial charge is 0.279 e. The van der Waals surface area contributed by atoms with Crippen LogP contribution in [-0.2, 0) is 9.59 Å². The van der Waals surface area contributed by atoms with Gasteiger partial charge in [0.1, 0.15) is 0 Å². The quantitative estimate of drug-likeness (QED) is 0.634. The van der Waals surface area contributed by atoms with Gasteiger partial charge in [-0.25, -0.2) is 0 Å². The molecule has 3 N–H and O–H groups in total. The second kappa shape index (κ2) is 9.62. The lowest BCUT2D eigenvalue weighted by Gasteiger charge is -2.15. The highest BCUT2D eigenvalue weighted by molar-refractivity contribution is 7.98. The summed E-state index contributed by atoms with van der Waals surface area (Å²) in [6.07, 6.45) is 1.96. The summed E-state index contributed by atoms with van der Waals surface area (Å²) >= 11 is 7.70. The Balaban J connectivity index is 1.86. The zero-order valence-corrected chi connectivity index (χ0v) is 16.6. The Labute approximate surface area is 163 Å². The van der Waals surface area contributed by atoms with Gasteiger partial charge in [0.2, 0.25) is 0 Å². The highest BCUT2D eigenvalue weighted by Gasteiger charge is 2.16. The average Bonchev–Trinajstić information content (AvgIpc) is 2.57. The maximum absolute atomic E-state index is 12.2. The second-order valence-electron chi connectivity index (χ2n) is 6.09. The predicted molar refractivity (Wildman–Crippen MR) is 108 cm³/mol. The van der Waals surface area contributed by atoms with Crippen molar-refractivity contribution in [1.29, 1.82) is 0 Å². The van der Waals surface area contributed by atoms with Gasteiger partial charge in [-0.1, -0.05) is 29.8 Å². The number of rotatable bonds is 7. The van der Waals surface area contributed by atoms with Crippen LogP contribution < -0.4 is 15.5 Å². The normalized spacial score (nSPS) is 11.7. The molecule has 2 aromatic rings. The molecule has 138 valence electrons. The second-order valence-corrected chi connectivity index (χ2v) is 7.35. The van der Waals surface area contributed by atoms with Crippen molar-refractivity contribution in [2.45, 2.75) is 11.8 Å². The summed E-state index contributed by atoms with van der Waals surface area (Å²) < 4.78 is 0. The van der Waals surface area contributed by atoms with Gasteiger partial charge in [0, 0.05) is 4.90 Å². The van der Waals surface area contributed by atoms with E-state index in [0.717, 1.165) is 21.0 Å². The molecule has 0 bridgehead atoms. The van der Waals surface area contributed by atoms with E-state index in [2.05, 4.69) is 10.6 Å². The molecule has 0 heterocycles. The van der Waals surface area contributed by atoms with E-state index in [4.69, 9.17) is 11.6 Å². The number of amides is 2. The maximum Gasteiger partial charge on any atom is 0.279 e. The van der Waals surface area contributed by atoms with Gasteiger partial charge < -0.3 is 15.5 Å². The Morgan fingerprint density at radius 3 is 2.27 bits per heavy atom. The first-order valence-electron chi connectivity index (χ1n) is 8.19. The molecule has 1 atom stereocenters. The highest BCUT2D eigenvalue weighted by Crippen LogP contribution is 2.24. The summed E-state index contributed by atoms with van der Waals surface area (Å²) in [5.74, 6) is -0.323. The monoisotopic (exact) mass is 392 g/mol. The number of anilines is 2. The van der Waals surface area contributed by atoms with E-state index in [1.54, 1.807) is 30.9 Å². The van der Waals surface area contributed by atoms with Crippen molar-refractivity contribution in [2.24, 2.45) is 0 Å². The van der Waals surface area contributed by atoms with Crippen LogP contribution >= 0.6 is 23.4 Å². The summed E-state index contributed by atoms with van der Waals surface area (Å²) in [7, 11) is 1.80. The number of likely N-dealkylation sites (N-methyl/N-ethyl adjacent to an activating group) is 1. The molecule has 2 rings (SSSR count). The number of nitrogens with one attached hydrogen (secondary N) is 3. The number of halogens is 1. The van der Waals surface area contributed by atoms with Crippen molar-refractivity contribution >= 4 is 46.6 Å². The van der Waals surface area contributed by atoms with Gasteiger partial charge >= 0.3 is 0 Å². The minimum Gasteiger partial charge on any atom is -0.322 e. The van der Waals surface area contributed by atoms with Gasteiger partial charge in [-0.15, -0.1) is 11.8 Å². The van der Waals surface area contributed by atoms with Crippen molar-refractivity contribution in [3.8, 4) is 0 Å². The number of quaternary nitrogens is 1. The molecule has 2 amide bonds. The molecule has 1 unspecified atom stereocenters. The molecule has 0 aliphatic heterocycles. The maximum atomic E-state index is 12.2. The number of hydrogen-bond acceptors (Lipinski definition) is 3. The van der Waals surface area contributed by atoms with Crippen molar-refractivity contribution < 1.29 is 14.5 Å². The molecule has 2 aromatic carbocycles. The van der Waals surface area contributed by atoms with Crippen LogP contribution in [-0.4, -0.2) is 38.2 Å². The van der Waals surface area contributed by atoms with Crippen LogP contribution in [0.15, 0.2) is 47.4 Å². The van der Waals surface area contributed by atoms with Gasteiger partial charge in [-0.05, 0) is 43.0 Å². The third-order valence-electron chi connectivity index (χ3n) is 3.70. The molecule has 0 aliphatic carbocycles. The van der Waals surface area contributed by atoms with Gasteiger partial charge in [0.15, 0.2) is 13.1 Å². The van der Waals surface area contributed by atoms with E-state index >= 15 is 0 Å². The van der Waals surface area contributed by atoms with Crippen LogP contribution in [0.5, 0.6) is 0 Å². The fourth-order valence-corrected chi connectivity index (χ4v) is 3.30. The Kier molecular flexibility index (Phi) is 7.50. The minimum absolute atomic E-state index is 0.134. The highest BCUT2D eigenvalue weighted by atomic mass is 35.5. The SMILES string of the molecule is CSc1ccccc1NC(=O)C[NH+](C)CC(=O)Nc1ccc(C)cc1Cl. The number of carbonyl (C=O) groups excluding carboxylic acids is 2. The molecule has 0 aliphatic rings. The molecule has 0 fully saturated rings. The van der Waals surface area contributed by atoms with E-state index in [1.165, 1.54) is 0 Å². The van der Waals surface area contributed by atoms with Crippen LogP contribution in [0.3, 0.4) is 0 Å². The van der Waals surface area contributed by atoms with Gasteiger partial charge in [0.25, 0.3) is 11.8 Å². The lowest BCUT2D eigenvalue weighted by Crippen LogP contribution is -3.11. The van der Waals surface area contributed by atoms with Crippen LogP contribution in [0.4, 0.5) is 11.4 Å². The molecular weight excluding hydrogens is 370 g/mol. The van der Waals surface area contributed by atoms with Crippen LogP contribution in [0.25, 0.3) is 0 Å². The summed E-state index contributed by atoms with van der Waals surface area (Å²) in [5, 5.41) is 6.18. The molecule has 0 aromatic heterocycles. The Bertz CT molecular complexity index is 798. The van der Waals surface area contributed by atoms with E-state index in [1.807, 2.05) is 43.5 Å². The van der Waals surface area contributed by atoms with Crippen molar-refractivity contribution in [3.63, 3.8) is 0 Å². The third-order valence-corrected chi connectivity index (χ3v) is 4.81. The van der Waals surface area contributed by atoms with E-state index in [0.29, 0.717) is 10.7 Å². The number of thioether (sulfide) groups is 1. The predicted octanol–water partition coefficient (Wildman–Crippen LogP) is 2.46. The lowest BCUT2D eigenvalue weighted by molar-refractivity contribution is -0.862. The first-order valence-corrected chi connectivity index (χ1v) is 9.79. The summed E-state index contributed by atoms with van der Waals surface area (Å²) in [6.45, 7) is 2.29. The first kappa shape index (κ1) is 20.3. The van der Waals surface area contributed by atoms with Crippen molar-refractivity contribution in [1.82, 2.24) is 0 Å². The summed E-state index contributed by atoms with van der Waals surface area (Å²) in [6, 6.07) is 13.1. The van der Waals surface area contributed by atoms with Crippen molar-refractivity contribution in [3.05, 3.63) is 53.1 Å². The number of aryl methyl sites for hydroxylation is 1. The molecule has 5 nitrogen and oxygen atoms in total. The lowest BCUT2D eigenvalue weighted by atomic mass is 10.2. The zero-order chi connectivity index (χ0) is 19.1. The molecule has 26 heavy (non-hydrogen) atoms. The fraction of sp³-hybridized carbons (Fsp3) is 0.263. The van der Waals surface area contributed by atoms with Gasteiger partial charge in [0.05, 0.1) is 23.4 Å². The number of para-hydroxylation sites is 1. The molecular formula is C19H23ClN3O2S+. The average molecular weight is 393 g/mol. The standard InChI is InChI=1S/C19H22ClN3O2S/c1-13-8-9-15(14(20)10-13)21-18(24)11-23(2)12-19(25)22-16-6-4-5-7-17(16)26-3/h4-10H,11-12H2,1-3H3,(H,21,24)(H,22,25)/p+1. The van der Waals surface area contributed by atoms with E-state index in [9.17, 15) is 9.59 Å². The third kappa shape index (κ3) is 6.05. The van der Waals surface area contributed by atoms with Crippen LogP contribution in [0.2, 0.25) is 5.02 Å². The van der Waals surface area contributed by atoms with E-state index in [-0.39, 0.29) is 24.9 Å². The zero-order valence-electron chi connectivity index (χ0n) is 15.1. The number of hydrogen-bond donors (Lipinski definition) is 3. The topological polar surface area (TPSA) is 62.6 Å². The molecule has 0 radical (unpaired) electrons. The Hall–Kier alpha value is -2.02. The molecule has 7 heteroatoms. The van der Waals surface area contributed by atoms with Crippen molar-refractivity contribution in [2.75, 3.05) is 37.0 Å². The van der Waals surface area contributed by atoms with Crippen LogP contribution in [0.1, 0.15) is 5.56 Å². The molecule has 0 saturated carbocycles. The van der Waals surface area contributed by atoms with Gasteiger partial charge in [-0.2, -0.15) is 0 Å². The van der Waals surface area contributed by atoms with Gasteiger partial charge in [-0.3, -0.25) is 9.59 Å². The summed E-state index contributed by atoms with van der Waals surface area (Å²) in [5.41, 5.74) is 2.39. The molecule has 0 spiro atoms. The summed E-state index contributed by atoms with van der Waals surface area (Å²) in [4.78, 5) is 26.2. The fourth-order valence-electron chi connectivity index (χ4n) is 2.47. The Morgan fingerprint density at radius 2 is 1.65 bits per heavy atom.